The summed E-state index contributed by atoms with van der Waals surface area (Å²) in [6, 6.07) is 11.7. The number of hydrogen-bond donors (Lipinski definition) is 3. The predicted molar refractivity (Wildman–Crippen MR) is 84.0 cm³/mol. The van der Waals surface area contributed by atoms with Crippen LogP contribution in [-0.2, 0) is 4.74 Å². The summed E-state index contributed by atoms with van der Waals surface area (Å²) < 4.78 is 5.44. The van der Waals surface area contributed by atoms with Crippen LogP contribution in [0.1, 0.15) is 5.56 Å². The van der Waals surface area contributed by atoms with Crippen molar-refractivity contribution in [2.75, 3.05) is 31.3 Å². The second-order valence-corrected chi connectivity index (χ2v) is 5.20. The number of nitrogens with zero attached hydrogens (tertiary/aromatic N) is 1. The second kappa shape index (κ2) is 5.71. The molecule has 0 spiro atoms. The molecular formula is C16H19N3O2. The van der Waals surface area contributed by atoms with Gasteiger partial charge in [0.05, 0.1) is 25.9 Å². The van der Waals surface area contributed by atoms with Crippen molar-refractivity contribution in [3.05, 3.63) is 42.0 Å². The molecule has 5 heteroatoms. The van der Waals surface area contributed by atoms with Gasteiger partial charge in [0.25, 0.3) is 0 Å². The van der Waals surface area contributed by atoms with Crippen molar-refractivity contribution < 1.29 is 9.84 Å². The highest BCUT2D eigenvalue weighted by Gasteiger charge is 2.24. The second-order valence-electron chi connectivity index (χ2n) is 5.20. The molecule has 1 aliphatic heterocycles. The third-order valence-corrected chi connectivity index (χ3v) is 3.94. The number of fused-ring (bicyclic) bond motifs is 1. The van der Waals surface area contributed by atoms with E-state index >= 15 is 0 Å². The van der Waals surface area contributed by atoms with Gasteiger partial charge in [0, 0.05) is 23.2 Å². The Hall–Kier alpha value is -2.11. The highest BCUT2D eigenvalue weighted by atomic mass is 16.5. The largest absolute Gasteiger partial charge is 0.394 e. The van der Waals surface area contributed by atoms with Crippen LogP contribution in [-0.4, -0.2) is 43.3 Å². The number of nitrogens with two attached hydrogens (primary N) is 1. The molecule has 1 saturated heterocycles. The molecule has 2 aromatic rings. The third kappa shape index (κ3) is 2.46. The fraction of sp³-hybridized carbons (Fsp3) is 0.312. The Morgan fingerprint density at radius 1 is 1.29 bits per heavy atom. The van der Waals surface area contributed by atoms with Crippen LogP contribution in [0.4, 0.5) is 5.69 Å². The van der Waals surface area contributed by atoms with E-state index in [1.165, 1.54) is 0 Å². The van der Waals surface area contributed by atoms with Crippen molar-refractivity contribution >= 4 is 22.3 Å². The van der Waals surface area contributed by atoms with Crippen molar-refractivity contribution in [1.29, 1.82) is 5.41 Å². The van der Waals surface area contributed by atoms with E-state index in [1.54, 1.807) is 0 Å². The van der Waals surface area contributed by atoms with Crippen molar-refractivity contribution in [2.45, 2.75) is 6.04 Å². The summed E-state index contributed by atoms with van der Waals surface area (Å²) in [5, 5.41) is 19.3. The Kier molecular flexibility index (Phi) is 3.77. The third-order valence-electron chi connectivity index (χ3n) is 3.94. The summed E-state index contributed by atoms with van der Waals surface area (Å²) in [7, 11) is 0. The van der Waals surface area contributed by atoms with Crippen molar-refractivity contribution in [3.63, 3.8) is 0 Å². The molecule has 2 aromatic carbocycles. The zero-order valence-electron chi connectivity index (χ0n) is 11.7. The van der Waals surface area contributed by atoms with Gasteiger partial charge in [-0.1, -0.05) is 24.3 Å². The molecule has 1 unspecified atom stereocenters. The molecule has 21 heavy (non-hydrogen) atoms. The molecule has 110 valence electrons. The number of aliphatic hydroxyl groups excluding tert-OH is 1. The Morgan fingerprint density at radius 2 is 2.05 bits per heavy atom. The summed E-state index contributed by atoms with van der Waals surface area (Å²) >= 11 is 0. The Labute approximate surface area is 123 Å². The summed E-state index contributed by atoms with van der Waals surface area (Å²) in [5.74, 6) is 0.0680. The monoisotopic (exact) mass is 285 g/mol. The predicted octanol–water partition coefficient (Wildman–Crippen LogP) is 1.32. The molecule has 5 nitrogen and oxygen atoms in total. The number of rotatable bonds is 3. The van der Waals surface area contributed by atoms with Crippen LogP contribution in [0.15, 0.2) is 36.4 Å². The van der Waals surface area contributed by atoms with E-state index in [-0.39, 0.29) is 18.5 Å². The molecule has 1 fully saturated rings. The Bertz CT molecular complexity index is 672. The molecule has 0 amide bonds. The molecule has 3 rings (SSSR count). The molecule has 1 heterocycles. The summed E-state index contributed by atoms with van der Waals surface area (Å²) in [5.41, 5.74) is 7.46. The lowest BCUT2D eigenvalue weighted by molar-refractivity contribution is 0.0728. The van der Waals surface area contributed by atoms with Crippen LogP contribution in [0.3, 0.4) is 0 Å². The summed E-state index contributed by atoms with van der Waals surface area (Å²) in [6.07, 6.45) is 0. The lowest BCUT2D eigenvalue weighted by atomic mass is 10.0. The van der Waals surface area contributed by atoms with Gasteiger partial charge >= 0.3 is 0 Å². The number of nitrogen functional groups attached to an aromatic ring is 1. The highest BCUT2D eigenvalue weighted by molar-refractivity contribution is 6.10. The van der Waals surface area contributed by atoms with Gasteiger partial charge in [0.1, 0.15) is 5.84 Å². The number of amidine groups is 1. The van der Waals surface area contributed by atoms with E-state index in [4.69, 9.17) is 15.9 Å². The molecule has 0 saturated carbocycles. The molecule has 1 aliphatic rings. The Morgan fingerprint density at radius 3 is 2.76 bits per heavy atom. The first-order valence-electron chi connectivity index (χ1n) is 7.03. The van der Waals surface area contributed by atoms with Crippen LogP contribution in [0, 0.1) is 5.41 Å². The summed E-state index contributed by atoms with van der Waals surface area (Å²) in [4.78, 5) is 2.18. The van der Waals surface area contributed by atoms with Crippen LogP contribution >= 0.6 is 0 Å². The maximum atomic E-state index is 9.56. The zero-order valence-corrected chi connectivity index (χ0v) is 11.7. The number of aliphatic hydroxyl groups is 1. The Balaban J connectivity index is 2.15. The fourth-order valence-corrected chi connectivity index (χ4v) is 2.89. The maximum Gasteiger partial charge on any atom is 0.123 e. The normalized spacial score (nSPS) is 18.9. The number of hydrogen-bond acceptors (Lipinski definition) is 4. The van der Waals surface area contributed by atoms with Crippen molar-refractivity contribution in [3.8, 4) is 0 Å². The molecule has 0 radical (unpaired) electrons. The van der Waals surface area contributed by atoms with Crippen LogP contribution < -0.4 is 10.6 Å². The first kappa shape index (κ1) is 13.9. The molecule has 4 N–H and O–H groups in total. The van der Waals surface area contributed by atoms with Crippen LogP contribution in [0.5, 0.6) is 0 Å². The van der Waals surface area contributed by atoms with Gasteiger partial charge in [-0.2, -0.15) is 0 Å². The first-order chi connectivity index (χ1) is 10.2. The number of benzene rings is 2. The van der Waals surface area contributed by atoms with E-state index in [0.29, 0.717) is 13.2 Å². The van der Waals surface area contributed by atoms with E-state index in [9.17, 15) is 5.11 Å². The van der Waals surface area contributed by atoms with E-state index < -0.39 is 0 Å². The quantitative estimate of drug-likeness (QED) is 0.587. The van der Waals surface area contributed by atoms with E-state index in [0.717, 1.165) is 28.6 Å². The zero-order chi connectivity index (χ0) is 14.8. The SMILES string of the molecule is N=C(N)c1ccc(N2CCOCC2CO)c2ccccc12. The van der Waals surface area contributed by atoms with Gasteiger partial charge < -0.3 is 20.5 Å². The fourth-order valence-electron chi connectivity index (χ4n) is 2.89. The average Bonchev–Trinajstić information content (AvgIpc) is 2.53. The number of morpholine rings is 1. The minimum absolute atomic E-state index is 0.0367. The lowest BCUT2D eigenvalue weighted by Gasteiger charge is -2.37. The molecule has 0 aromatic heterocycles. The van der Waals surface area contributed by atoms with E-state index in [2.05, 4.69) is 4.90 Å². The smallest absolute Gasteiger partial charge is 0.123 e. The summed E-state index contributed by atoms with van der Waals surface area (Å²) in [6.45, 7) is 1.98. The van der Waals surface area contributed by atoms with Crippen LogP contribution in [0.2, 0.25) is 0 Å². The first-order valence-corrected chi connectivity index (χ1v) is 7.03. The number of ether oxygens (including phenoxy) is 1. The van der Waals surface area contributed by atoms with Gasteiger partial charge in [-0.3, -0.25) is 5.41 Å². The number of anilines is 1. The van der Waals surface area contributed by atoms with Crippen molar-refractivity contribution in [1.82, 2.24) is 0 Å². The molecular weight excluding hydrogens is 266 g/mol. The van der Waals surface area contributed by atoms with E-state index in [1.807, 2.05) is 36.4 Å². The van der Waals surface area contributed by atoms with Gasteiger partial charge in [-0.15, -0.1) is 0 Å². The van der Waals surface area contributed by atoms with Gasteiger partial charge in [0.15, 0.2) is 0 Å². The maximum absolute atomic E-state index is 9.56. The highest BCUT2D eigenvalue weighted by Crippen LogP contribution is 2.31. The lowest BCUT2D eigenvalue weighted by Crippen LogP contribution is -2.47. The average molecular weight is 285 g/mol. The molecule has 0 bridgehead atoms. The van der Waals surface area contributed by atoms with Crippen molar-refractivity contribution in [2.24, 2.45) is 5.73 Å². The van der Waals surface area contributed by atoms with Crippen LogP contribution in [0.25, 0.3) is 10.8 Å². The topological polar surface area (TPSA) is 82.6 Å². The van der Waals surface area contributed by atoms with Gasteiger partial charge in [-0.25, -0.2) is 0 Å². The minimum atomic E-state index is -0.0367. The molecule has 1 atom stereocenters. The number of nitrogens with one attached hydrogen (secondary N) is 1. The van der Waals surface area contributed by atoms with Gasteiger partial charge in [0.2, 0.25) is 0 Å². The molecule has 0 aliphatic carbocycles. The van der Waals surface area contributed by atoms with Gasteiger partial charge in [-0.05, 0) is 17.5 Å². The standard InChI is InChI=1S/C16H19N3O2/c17-16(18)14-5-6-15(13-4-2-1-3-12(13)14)19-7-8-21-10-11(19)9-20/h1-6,11,20H,7-10H2,(H3,17,18). The minimum Gasteiger partial charge on any atom is -0.394 e.